The summed E-state index contributed by atoms with van der Waals surface area (Å²) in [5, 5.41) is 6.01. The third-order valence-corrected chi connectivity index (χ3v) is 6.23. The van der Waals surface area contributed by atoms with Crippen LogP contribution in [0.25, 0.3) is 0 Å². The fraction of sp³-hybridized carbons (Fsp3) is 0.409. The normalized spacial score (nSPS) is 25.3. The van der Waals surface area contributed by atoms with Crippen LogP contribution in [0.1, 0.15) is 58.8 Å². The zero-order valence-electron chi connectivity index (χ0n) is 16.9. The van der Waals surface area contributed by atoms with Crippen LogP contribution in [0.15, 0.2) is 36.7 Å². The van der Waals surface area contributed by atoms with Gasteiger partial charge in [-0.15, -0.1) is 0 Å². The monoisotopic (exact) mass is 432 g/mol. The van der Waals surface area contributed by atoms with Crippen molar-refractivity contribution in [2.75, 3.05) is 11.9 Å². The highest BCUT2D eigenvalue weighted by Gasteiger charge is 2.41. The Hall–Kier alpha value is -2.94. The summed E-state index contributed by atoms with van der Waals surface area (Å²) in [4.78, 5) is 27.7. The largest absolute Gasteiger partial charge is 0.417 e. The SMILES string of the molecule is CC1CNC(C2CC(C(N)=O)C2)c2cc(C(=O)Nc3cncc(C(F)(F)F)c3)ccc21. The van der Waals surface area contributed by atoms with Crippen LogP contribution >= 0.6 is 0 Å². The number of alkyl halides is 3. The van der Waals surface area contributed by atoms with Gasteiger partial charge in [0.15, 0.2) is 0 Å². The van der Waals surface area contributed by atoms with E-state index in [0.717, 1.165) is 23.7 Å². The van der Waals surface area contributed by atoms with E-state index in [1.807, 2.05) is 6.07 Å². The Labute approximate surface area is 177 Å². The van der Waals surface area contributed by atoms with Crippen LogP contribution in [0.2, 0.25) is 0 Å². The average molecular weight is 432 g/mol. The van der Waals surface area contributed by atoms with Gasteiger partial charge in [-0.2, -0.15) is 13.2 Å². The van der Waals surface area contributed by atoms with Gasteiger partial charge in [-0.1, -0.05) is 13.0 Å². The first-order valence-electron chi connectivity index (χ1n) is 10.1. The smallest absolute Gasteiger partial charge is 0.369 e. The first-order chi connectivity index (χ1) is 14.6. The zero-order chi connectivity index (χ0) is 22.3. The molecule has 1 fully saturated rings. The van der Waals surface area contributed by atoms with E-state index in [0.29, 0.717) is 24.6 Å². The molecule has 2 aromatic rings. The molecule has 2 unspecified atom stereocenters. The highest BCUT2D eigenvalue weighted by molar-refractivity contribution is 6.04. The van der Waals surface area contributed by atoms with E-state index in [9.17, 15) is 22.8 Å². The lowest BCUT2D eigenvalue weighted by molar-refractivity contribution is -0.137. The molecule has 0 bridgehead atoms. The number of carbonyl (C=O) groups excluding carboxylic acids is 2. The van der Waals surface area contributed by atoms with E-state index in [1.165, 1.54) is 6.20 Å². The Morgan fingerprint density at radius 1 is 1.16 bits per heavy atom. The highest BCUT2D eigenvalue weighted by atomic mass is 19.4. The molecule has 0 saturated heterocycles. The van der Waals surface area contributed by atoms with Crippen molar-refractivity contribution in [3.63, 3.8) is 0 Å². The van der Waals surface area contributed by atoms with Gasteiger partial charge in [0.05, 0.1) is 17.4 Å². The molecular formula is C22H23F3N4O2. The minimum Gasteiger partial charge on any atom is -0.369 e. The van der Waals surface area contributed by atoms with Crippen LogP contribution < -0.4 is 16.4 Å². The predicted octanol–water partition coefficient (Wildman–Crippen LogP) is 3.61. The van der Waals surface area contributed by atoms with Gasteiger partial charge in [0.1, 0.15) is 0 Å². The van der Waals surface area contributed by atoms with Crippen molar-refractivity contribution in [3.8, 4) is 0 Å². The number of hydrogen-bond acceptors (Lipinski definition) is 4. The van der Waals surface area contributed by atoms with Crippen molar-refractivity contribution >= 4 is 17.5 Å². The number of nitrogens with two attached hydrogens (primary N) is 1. The van der Waals surface area contributed by atoms with E-state index in [1.54, 1.807) is 12.1 Å². The van der Waals surface area contributed by atoms with E-state index in [2.05, 4.69) is 22.5 Å². The number of fused-ring (bicyclic) bond motifs is 1. The maximum Gasteiger partial charge on any atom is 0.417 e. The third kappa shape index (κ3) is 4.27. The maximum absolute atomic E-state index is 12.9. The van der Waals surface area contributed by atoms with Gasteiger partial charge in [-0.05, 0) is 54.0 Å². The Bertz CT molecular complexity index is 1020. The molecular weight excluding hydrogens is 409 g/mol. The molecule has 1 aromatic heterocycles. The molecule has 9 heteroatoms. The summed E-state index contributed by atoms with van der Waals surface area (Å²) < 4.78 is 38.7. The molecule has 31 heavy (non-hydrogen) atoms. The fourth-order valence-electron chi connectivity index (χ4n) is 4.41. The lowest BCUT2D eigenvalue weighted by Crippen LogP contribution is -2.44. The molecule has 1 aliphatic heterocycles. The quantitative estimate of drug-likeness (QED) is 0.688. The van der Waals surface area contributed by atoms with E-state index in [-0.39, 0.29) is 35.4 Å². The van der Waals surface area contributed by atoms with E-state index in [4.69, 9.17) is 5.73 Å². The number of anilines is 1. The van der Waals surface area contributed by atoms with Gasteiger partial charge < -0.3 is 16.4 Å². The summed E-state index contributed by atoms with van der Waals surface area (Å²) in [6, 6.07) is 6.23. The number of nitrogens with zero attached hydrogens (tertiary/aromatic N) is 1. The molecule has 2 amide bonds. The van der Waals surface area contributed by atoms with Crippen LogP contribution in [0.3, 0.4) is 0 Å². The molecule has 6 nitrogen and oxygen atoms in total. The third-order valence-electron chi connectivity index (χ3n) is 6.23. The van der Waals surface area contributed by atoms with Crippen molar-refractivity contribution in [2.24, 2.45) is 17.6 Å². The van der Waals surface area contributed by atoms with Gasteiger partial charge in [0.25, 0.3) is 5.91 Å². The van der Waals surface area contributed by atoms with Crippen LogP contribution in [-0.2, 0) is 11.0 Å². The number of primary amides is 1. The number of nitrogens with one attached hydrogen (secondary N) is 2. The summed E-state index contributed by atoms with van der Waals surface area (Å²) in [7, 11) is 0. The van der Waals surface area contributed by atoms with Crippen molar-refractivity contribution < 1.29 is 22.8 Å². The molecule has 0 radical (unpaired) electrons. The second-order valence-electron chi connectivity index (χ2n) is 8.38. The Kier molecular flexibility index (Phi) is 5.47. The topological polar surface area (TPSA) is 97.1 Å². The number of aromatic nitrogens is 1. The maximum atomic E-state index is 12.9. The second-order valence-corrected chi connectivity index (χ2v) is 8.38. The van der Waals surface area contributed by atoms with Crippen molar-refractivity contribution in [2.45, 2.75) is 37.9 Å². The van der Waals surface area contributed by atoms with Crippen LogP contribution in [-0.4, -0.2) is 23.3 Å². The molecule has 2 atom stereocenters. The van der Waals surface area contributed by atoms with Gasteiger partial charge in [-0.25, -0.2) is 0 Å². The molecule has 2 heterocycles. The summed E-state index contributed by atoms with van der Waals surface area (Å²) in [6.07, 6.45) is -1.25. The lowest BCUT2D eigenvalue weighted by atomic mass is 9.67. The van der Waals surface area contributed by atoms with E-state index < -0.39 is 17.6 Å². The van der Waals surface area contributed by atoms with Crippen LogP contribution in [0, 0.1) is 11.8 Å². The zero-order valence-corrected chi connectivity index (χ0v) is 16.9. The molecule has 164 valence electrons. The molecule has 1 aliphatic carbocycles. The Morgan fingerprint density at radius 2 is 1.90 bits per heavy atom. The van der Waals surface area contributed by atoms with Gasteiger partial charge in [0, 0.05) is 30.3 Å². The summed E-state index contributed by atoms with van der Waals surface area (Å²) in [5.41, 5.74) is 6.91. The number of benzene rings is 1. The van der Waals surface area contributed by atoms with Gasteiger partial charge in [0.2, 0.25) is 5.91 Å². The van der Waals surface area contributed by atoms with Crippen LogP contribution in [0.5, 0.6) is 0 Å². The Balaban J connectivity index is 1.56. The average Bonchev–Trinajstić information content (AvgIpc) is 2.67. The first kappa shape index (κ1) is 21.3. The number of hydrogen-bond donors (Lipinski definition) is 3. The molecule has 4 rings (SSSR count). The predicted molar refractivity (Wildman–Crippen MR) is 108 cm³/mol. The Morgan fingerprint density at radius 3 is 2.58 bits per heavy atom. The van der Waals surface area contributed by atoms with Gasteiger partial charge in [-0.3, -0.25) is 14.6 Å². The molecule has 2 aliphatic rings. The molecule has 1 aromatic carbocycles. The van der Waals surface area contributed by atoms with Crippen molar-refractivity contribution in [1.29, 1.82) is 0 Å². The van der Waals surface area contributed by atoms with Crippen molar-refractivity contribution in [3.05, 3.63) is 58.9 Å². The highest BCUT2D eigenvalue weighted by Crippen LogP contribution is 2.45. The van der Waals surface area contributed by atoms with Gasteiger partial charge >= 0.3 is 6.18 Å². The standard InChI is InChI=1S/C22H23F3N4O2/c1-11-8-28-19(13-4-14(5-13)20(26)30)18-6-12(2-3-17(11)18)21(31)29-16-7-15(9-27-10-16)22(23,24)25/h2-3,6-7,9-11,13-14,19,28H,4-5,8H2,1H3,(H2,26,30)(H,29,31). The number of rotatable bonds is 4. The van der Waals surface area contributed by atoms with Crippen LogP contribution in [0.4, 0.5) is 18.9 Å². The molecule has 4 N–H and O–H groups in total. The lowest BCUT2D eigenvalue weighted by Gasteiger charge is -2.43. The van der Waals surface area contributed by atoms with Crippen molar-refractivity contribution in [1.82, 2.24) is 10.3 Å². The number of halogens is 3. The molecule has 0 spiro atoms. The number of amides is 2. The van der Waals surface area contributed by atoms with E-state index >= 15 is 0 Å². The summed E-state index contributed by atoms with van der Waals surface area (Å²) in [5.74, 6) is -0.416. The fourth-order valence-corrected chi connectivity index (χ4v) is 4.41. The number of carbonyl (C=O) groups is 2. The molecule has 1 saturated carbocycles. The number of pyridine rings is 1. The summed E-state index contributed by atoms with van der Waals surface area (Å²) >= 11 is 0. The minimum absolute atomic E-state index is 0.00442. The second kappa shape index (κ2) is 7.96. The first-order valence-corrected chi connectivity index (χ1v) is 10.1. The minimum atomic E-state index is -4.54. The summed E-state index contributed by atoms with van der Waals surface area (Å²) in [6.45, 7) is 2.87.